The molecule has 0 aliphatic rings. The number of anilines is 3. The molecule has 0 saturated heterocycles. The van der Waals surface area contributed by atoms with E-state index in [-0.39, 0.29) is 11.9 Å². The van der Waals surface area contributed by atoms with E-state index in [0.29, 0.717) is 17.1 Å². The fourth-order valence-electron chi connectivity index (χ4n) is 1.85. The van der Waals surface area contributed by atoms with Crippen molar-refractivity contribution in [3.63, 3.8) is 0 Å². The maximum absolute atomic E-state index is 12.0. The van der Waals surface area contributed by atoms with Gasteiger partial charge in [-0.1, -0.05) is 6.07 Å². The maximum atomic E-state index is 12.0. The normalized spacial score (nSPS) is 9.95. The monoisotopic (exact) mass is 361 g/mol. The first-order chi connectivity index (χ1) is 10.4. The van der Waals surface area contributed by atoms with E-state index in [1.54, 1.807) is 24.3 Å². The number of aryl methyl sites for hydroxylation is 1. The molecule has 0 aliphatic heterocycles. The number of rotatable bonds is 3. The standard InChI is InChI=1S/C16H16BrN3O2/c1-10-3-8-15(14(17)9-10)20-16(22)19-13-6-4-12(5-7-13)18-11(2)21/h3-9H,1-2H3,(H,18,21)(H2,19,20,22). The summed E-state index contributed by atoms with van der Waals surface area (Å²) in [4.78, 5) is 22.9. The zero-order valence-electron chi connectivity index (χ0n) is 12.2. The zero-order valence-corrected chi connectivity index (χ0v) is 13.8. The summed E-state index contributed by atoms with van der Waals surface area (Å²) in [5, 5.41) is 8.16. The van der Waals surface area contributed by atoms with Crippen molar-refractivity contribution >= 4 is 44.9 Å². The maximum Gasteiger partial charge on any atom is 0.323 e. The van der Waals surface area contributed by atoms with Gasteiger partial charge in [-0.15, -0.1) is 0 Å². The smallest absolute Gasteiger partial charge is 0.323 e. The zero-order chi connectivity index (χ0) is 16.1. The van der Waals surface area contributed by atoms with Gasteiger partial charge in [0.1, 0.15) is 0 Å². The molecule has 0 heterocycles. The van der Waals surface area contributed by atoms with Gasteiger partial charge < -0.3 is 16.0 Å². The van der Waals surface area contributed by atoms with E-state index in [9.17, 15) is 9.59 Å². The van der Waals surface area contributed by atoms with Gasteiger partial charge in [0.25, 0.3) is 0 Å². The van der Waals surface area contributed by atoms with Gasteiger partial charge in [-0.2, -0.15) is 0 Å². The molecule has 0 aliphatic carbocycles. The predicted octanol–water partition coefficient (Wildman–Crippen LogP) is 4.36. The van der Waals surface area contributed by atoms with Crippen LogP contribution in [0.2, 0.25) is 0 Å². The van der Waals surface area contributed by atoms with Gasteiger partial charge in [-0.05, 0) is 64.8 Å². The lowest BCUT2D eigenvalue weighted by Crippen LogP contribution is -2.19. The summed E-state index contributed by atoms with van der Waals surface area (Å²) in [5.74, 6) is -0.136. The molecule has 2 aromatic carbocycles. The van der Waals surface area contributed by atoms with Crippen LogP contribution >= 0.6 is 15.9 Å². The van der Waals surface area contributed by atoms with Crippen LogP contribution in [-0.2, 0) is 4.79 Å². The number of halogens is 1. The molecular weight excluding hydrogens is 346 g/mol. The molecule has 2 aromatic rings. The highest BCUT2D eigenvalue weighted by Crippen LogP contribution is 2.23. The number of amides is 3. The second-order valence-electron chi connectivity index (χ2n) is 4.82. The highest BCUT2D eigenvalue weighted by Gasteiger charge is 2.06. The van der Waals surface area contributed by atoms with Crippen LogP contribution in [-0.4, -0.2) is 11.9 Å². The number of carbonyl (C=O) groups excluding carboxylic acids is 2. The minimum absolute atomic E-state index is 0.136. The molecule has 0 saturated carbocycles. The van der Waals surface area contributed by atoms with Crippen molar-refractivity contribution in [2.24, 2.45) is 0 Å². The molecule has 0 unspecified atom stereocenters. The molecule has 0 radical (unpaired) electrons. The van der Waals surface area contributed by atoms with E-state index in [1.807, 2.05) is 25.1 Å². The second-order valence-corrected chi connectivity index (χ2v) is 5.68. The van der Waals surface area contributed by atoms with Crippen molar-refractivity contribution < 1.29 is 9.59 Å². The van der Waals surface area contributed by atoms with Gasteiger partial charge in [0.2, 0.25) is 5.91 Å². The van der Waals surface area contributed by atoms with E-state index in [1.165, 1.54) is 6.92 Å². The molecular formula is C16H16BrN3O2. The average molecular weight is 362 g/mol. The van der Waals surface area contributed by atoms with Crippen LogP contribution in [0.4, 0.5) is 21.9 Å². The molecule has 0 aromatic heterocycles. The average Bonchev–Trinajstić information content (AvgIpc) is 2.43. The van der Waals surface area contributed by atoms with E-state index < -0.39 is 0 Å². The Bertz CT molecular complexity index is 699. The third-order valence-electron chi connectivity index (χ3n) is 2.84. The summed E-state index contributed by atoms with van der Waals surface area (Å²) < 4.78 is 0.823. The van der Waals surface area contributed by atoms with Gasteiger partial charge in [0.15, 0.2) is 0 Å². The fraction of sp³-hybridized carbons (Fsp3) is 0.125. The lowest BCUT2D eigenvalue weighted by atomic mass is 10.2. The van der Waals surface area contributed by atoms with Gasteiger partial charge in [-0.3, -0.25) is 4.79 Å². The minimum Gasteiger partial charge on any atom is -0.326 e. The van der Waals surface area contributed by atoms with E-state index in [2.05, 4.69) is 31.9 Å². The number of hydrogen-bond acceptors (Lipinski definition) is 2. The van der Waals surface area contributed by atoms with Crippen LogP contribution in [0, 0.1) is 6.92 Å². The van der Waals surface area contributed by atoms with E-state index in [0.717, 1.165) is 10.0 Å². The van der Waals surface area contributed by atoms with Crippen molar-refractivity contribution in [1.82, 2.24) is 0 Å². The number of benzene rings is 2. The van der Waals surface area contributed by atoms with E-state index in [4.69, 9.17) is 0 Å². The van der Waals surface area contributed by atoms with Crippen LogP contribution in [0.5, 0.6) is 0 Å². The molecule has 114 valence electrons. The quantitative estimate of drug-likeness (QED) is 0.759. The second kappa shape index (κ2) is 7.09. The Labute approximate surface area is 137 Å². The Kier molecular flexibility index (Phi) is 5.16. The van der Waals surface area contributed by atoms with Gasteiger partial charge in [0, 0.05) is 22.8 Å². The molecule has 5 nitrogen and oxygen atoms in total. The molecule has 0 fully saturated rings. The first-order valence-corrected chi connectivity index (χ1v) is 7.45. The predicted molar refractivity (Wildman–Crippen MR) is 92.3 cm³/mol. The lowest BCUT2D eigenvalue weighted by molar-refractivity contribution is -0.114. The van der Waals surface area contributed by atoms with Crippen molar-refractivity contribution in [1.29, 1.82) is 0 Å². The lowest BCUT2D eigenvalue weighted by Gasteiger charge is -2.10. The van der Waals surface area contributed by atoms with Gasteiger partial charge in [0.05, 0.1) is 5.69 Å². The molecule has 0 bridgehead atoms. The molecule has 0 atom stereocenters. The molecule has 0 spiro atoms. The first kappa shape index (κ1) is 16.0. The Hall–Kier alpha value is -2.34. The van der Waals surface area contributed by atoms with Crippen LogP contribution in [0.15, 0.2) is 46.9 Å². The first-order valence-electron chi connectivity index (χ1n) is 6.66. The van der Waals surface area contributed by atoms with Gasteiger partial charge in [-0.25, -0.2) is 4.79 Å². The summed E-state index contributed by atoms with van der Waals surface area (Å²) in [6, 6.07) is 12.2. The van der Waals surface area contributed by atoms with Crippen LogP contribution in [0.3, 0.4) is 0 Å². The molecule has 6 heteroatoms. The third-order valence-corrected chi connectivity index (χ3v) is 3.49. The van der Waals surface area contributed by atoms with Crippen molar-refractivity contribution in [3.8, 4) is 0 Å². The summed E-state index contributed by atoms with van der Waals surface area (Å²) in [6.07, 6.45) is 0. The highest BCUT2D eigenvalue weighted by molar-refractivity contribution is 9.10. The SMILES string of the molecule is CC(=O)Nc1ccc(NC(=O)Nc2ccc(C)cc2Br)cc1. The van der Waals surface area contributed by atoms with Crippen LogP contribution < -0.4 is 16.0 Å². The molecule has 3 N–H and O–H groups in total. The number of urea groups is 1. The number of nitrogens with one attached hydrogen (secondary N) is 3. The van der Waals surface area contributed by atoms with Gasteiger partial charge >= 0.3 is 6.03 Å². The molecule has 3 amide bonds. The Morgan fingerprint density at radius 1 is 0.909 bits per heavy atom. The van der Waals surface area contributed by atoms with Crippen LogP contribution in [0.1, 0.15) is 12.5 Å². The molecule has 2 rings (SSSR count). The number of hydrogen-bond donors (Lipinski definition) is 3. The fourth-order valence-corrected chi connectivity index (χ4v) is 2.44. The minimum atomic E-state index is -0.336. The Balaban J connectivity index is 1.98. The summed E-state index contributed by atoms with van der Waals surface area (Å²) in [7, 11) is 0. The number of carbonyl (C=O) groups is 2. The third kappa shape index (κ3) is 4.60. The van der Waals surface area contributed by atoms with E-state index >= 15 is 0 Å². The van der Waals surface area contributed by atoms with Crippen molar-refractivity contribution in [2.45, 2.75) is 13.8 Å². The van der Waals surface area contributed by atoms with Crippen LogP contribution in [0.25, 0.3) is 0 Å². The Morgan fingerprint density at radius 2 is 1.50 bits per heavy atom. The van der Waals surface area contributed by atoms with Crippen molar-refractivity contribution in [2.75, 3.05) is 16.0 Å². The topological polar surface area (TPSA) is 70.2 Å². The summed E-state index contributed by atoms with van der Waals surface area (Å²) >= 11 is 3.41. The summed E-state index contributed by atoms with van der Waals surface area (Å²) in [5.41, 5.74) is 3.11. The summed E-state index contributed by atoms with van der Waals surface area (Å²) in [6.45, 7) is 3.42. The Morgan fingerprint density at radius 3 is 2.05 bits per heavy atom. The van der Waals surface area contributed by atoms with Crippen molar-refractivity contribution in [3.05, 3.63) is 52.5 Å². The molecule has 22 heavy (non-hydrogen) atoms. The largest absolute Gasteiger partial charge is 0.326 e. The highest BCUT2D eigenvalue weighted by atomic mass is 79.9.